The van der Waals surface area contributed by atoms with Gasteiger partial charge in [0.05, 0.1) is 16.9 Å². The fourth-order valence-electron chi connectivity index (χ4n) is 5.18. The first-order valence-corrected chi connectivity index (χ1v) is 14.1. The zero-order valence-corrected chi connectivity index (χ0v) is 24.9. The minimum atomic E-state index is -0.0889. The predicted octanol–water partition coefficient (Wildman–Crippen LogP) is 5.67. The van der Waals surface area contributed by atoms with Crippen molar-refractivity contribution >= 4 is 39.2 Å². The number of fused-ring (bicyclic) bond motifs is 2. The Morgan fingerprint density at radius 2 is 1.88 bits per heavy atom. The van der Waals surface area contributed by atoms with Crippen molar-refractivity contribution in [3.05, 3.63) is 66.2 Å². The van der Waals surface area contributed by atoms with Gasteiger partial charge in [-0.3, -0.25) is 9.89 Å². The molecule has 1 fully saturated rings. The summed E-state index contributed by atoms with van der Waals surface area (Å²) in [5.41, 5.74) is 8.36. The first-order valence-electron chi connectivity index (χ1n) is 14.1. The van der Waals surface area contributed by atoms with E-state index in [2.05, 4.69) is 81.8 Å². The normalized spacial score (nSPS) is 15.6. The van der Waals surface area contributed by atoms with Gasteiger partial charge in [0, 0.05) is 61.1 Å². The number of anilines is 1. The van der Waals surface area contributed by atoms with E-state index in [1.807, 2.05) is 44.3 Å². The van der Waals surface area contributed by atoms with Gasteiger partial charge in [-0.15, -0.1) is 0 Å². The van der Waals surface area contributed by atoms with Gasteiger partial charge in [-0.1, -0.05) is 39.0 Å². The largest absolute Gasteiger partial charge is 0.368 e. The predicted molar refractivity (Wildman–Crippen MR) is 167 cm³/mol. The highest BCUT2D eigenvalue weighted by atomic mass is 16.1. The Kier molecular flexibility index (Phi) is 7.82. The van der Waals surface area contributed by atoms with Crippen molar-refractivity contribution < 1.29 is 4.79 Å². The maximum Gasteiger partial charge on any atom is 0.224 e. The molecule has 3 N–H and O–H groups in total. The van der Waals surface area contributed by atoms with Gasteiger partial charge in [0.1, 0.15) is 16.9 Å². The van der Waals surface area contributed by atoms with Crippen molar-refractivity contribution in [2.24, 2.45) is 5.41 Å². The van der Waals surface area contributed by atoms with E-state index in [1.54, 1.807) is 0 Å². The van der Waals surface area contributed by atoms with E-state index in [1.165, 1.54) is 5.69 Å². The summed E-state index contributed by atoms with van der Waals surface area (Å²) in [4.78, 5) is 30.4. The molecule has 5 heterocycles. The second kappa shape index (κ2) is 11.3. The molecule has 4 aromatic heterocycles. The quantitative estimate of drug-likeness (QED) is 0.255. The maximum absolute atomic E-state index is 12.5. The average molecular weight is 553 g/mol. The van der Waals surface area contributed by atoms with Crippen LogP contribution in [0.1, 0.15) is 46.7 Å². The smallest absolute Gasteiger partial charge is 0.224 e. The van der Waals surface area contributed by atoms with Crippen molar-refractivity contribution in [1.29, 1.82) is 0 Å². The Morgan fingerprint density at radius 1 is 1.12 bits per heavy atom. The highest BCUT2D eigenvalue weighted by Gasteiger charge is 2.20. The molecule has 1 saturated heterocycles. The third-order valence-corrected chi connectivity index (χ3v) is 7.11. The van der Waals surface area contributed by atoms with Crippen LogP contribution in [0.25, 0.3) is 39.0 Å². The molecule has 0 saturated carbocycles. The third kappa shape index (κ3) is 6.57. The van der Waals surface area contributed by atoms with Crippen LogP contribution in [-0.2, 0) is 4.79 Å². The summed E-state index contributed by atoms with van der Waals surface area (Å²) in [7, 11) is 2.16. The molecule has 0 unspecified atom stereocenters. The summed E-state index contributed by atoms with van der Waals surface area (Å²) < 4.78 is 0. The fourth-order valence-corrected chi connectivity index (χ4v) is 5.18. The molecule has 0 aromatic carbocycles. The van der Waals surface area contributed by atoms with Gasteiger partial charge in [-0.25, -0.2) is 9.97 Å². The molecular weight excluding hydrogens is 512 g/mol. The van der Waals surface area contributed by atoms with Crippen LogP contribution in [0.15, 0.2) is 60.5 Å². The van der Waals surface area contributed by atoms with Crippen molar-refractivity contribution in [3.63, 3.8) is 0 Å². The second-order valence-electron chi connectivity index (χ2n) is 12.3. The first-order chi connectivity index (χ1) is 19.5. The highest BCUT2D eigenvalue weighted by Crippen LogP contribution is 2.33. The molecule has 4 aromatic rings. The number of carbonyl (C=O) groups excluding carboxylic acids is 1. The van der Waals surface area contributed by atoms with Gasteiger partial charge in [0.25, 0.3) is 0 Å². The molecule has 5 rings (SSSR count). The Bertz CT molecular complexity index is 1660. The number of nitrogens with zero attached hydrogens (tertiary/aromatic N) is 5. The summed E-state index contributed by atoms with van der Waals surface area (Å²) in [5, 5.41) is 11.9. The van der Waals surface area contributed by atoms with Gasteiger partial charge in [0.2, 0.25) is 5.91 Å². The van der Waals surface area contributed by atoms with Crippen LogP contribution >= 0.6 is 0 Å². The zero-order chi connectivity index (χ0) is 29.3. The molecule has 0 aliphatic carbocycles. The maximum atomic E-state index is 12.5. The molecular formula is C32H40N8O. The van der Waals surface area contributed by atoms with E-state index in [4.69, 9.17) is 4.98 Å². The van der Waals surface area contributed by atoms with Crippen molar-refractivity contribution in [3.8, 4) is 11.4 Å². The Morgan fingerprint density at radius 3 is 2.59 bits per heavy atom. The van der Waals surface area contributed by atoms with Gasteiger partial charge < -0.3 is 20.1 Å². The minimum Gasteiger partial charge on any atom is -0.368 e. The lowest BCUT2D eigenvalue weighted by molar-refractivity contribution is -0.122. The number of hydrogen-bond donors (Lipinski definition) is 3. The number of aromatic nitrogens is 5. The summed E-state index contributed by atoms with van der Waals surface area (Å²) in [5.74, 6) is -0.00943. The number of H-pyrrole nitrogens is 2. The number of hydrogen-bond acceptors (Lipinski definition) is 6. The lowest BCUT2D eigenvalue weighted by atomic mass is 9.92. The first kappa shape index (κ1) is 28.3. The summed E-state index contributed by atoms with van der Waals surface area (Å²) in [6.07, 6.45) is 6.22. The number of piperazine rings is 1. The number of nitrogens with one attached hydrogen (secondary N) is 3. The van der Waals surface area contributed by atoms with Crippen LogP contribution in [0.3, 0.4) is 0 Å². The molecule has 9 nitrogen and oxygen atoms in total. The molecule has 214 valence electrons. The van der Waals surface area contributed by atoms with Crippen LogP contribution in [0.5, 0.6) is 0 Å². The van der Waals surface area contributed by atoms with Crippen molar-refractivity contribution in [1.82, 2.24) is 35.4 Å². The van der Waals surface area contributed by atoms with Crippen LogP contribution in [-0.4, -0.2) is 69.2 Å². The van der Waals surface area contributed by atoms with Crippen molar-refractivity contribution in [2.45, 2.75) is 41.0 Å². The monoisotopic (exact) mass is 552 g/mol. The van der Waals surface area contributed by atoms with E-state index >= 15 is 0 Å². The Hall–Kier alpha value is -4.24. The Balaban J connectivity index is 1.50. The molecule has 0 atom stereocenters. The second-order valence-corrected chi connectivity index (χ2v) is 12.3. The molecule has 9 heteroatoms. The lowest BCUT2D eigenvalue weighted by Gasteiger charge is -2.34. The van der Waals surface area contributed by atoms with Crippen LogP contribution in [0.2, 0.25) is 0 Å². The Labute approximate surface area is 241 Å². The van der Waals surface area contributed by atoms with Crippen LogP contribution < -0.4 is 10.2 Å². The van der Waals surface area contributed by atoms with Crippen LogP contribution in [0, 0.1) is 5.41 Å². The molecule has 1 aliphatic rings. The lowest BCUT2D eigenvalue weighted by Crippen LogP contribution is -2.44. The van der Waals surface area contributed by atoms with Crippen LogP contribution in [0.4, 0.5) is 5.69 Å². The molecule has 1 aliphatic heterocycles. The molecule has 0 spiro atoms. The van der Waals surface area contributed by atoms with E-state index in [0.29, 0.717) is 6.42 Å². The third-order valence-electron chi connectivity index (χ3n) is 7.11. The number of amides is 1. The van der Waals surface area contributed by atoms with Gasteiger partial charge in [-0.2, -0.15) is 5.10 Å². The number of carbonyl (C=O) groups is 1. The molecule has 0 radical (unpaired) electrons. The molecule has 41 heavy (non-hydrogen) atoms. The summed E-state index contributed by atoms with van der Waals surface area (Å²) in [6.45, 7) is 18.1. The average Bonchev–Trinajstić information content (AvgIpc) is 3.51. The van der Waals surface area contributed by atoms with E-state index in [9.17, 15) is 4.79 Å². The molecule has 1 amide bonds. The summed E-state index contributed by atoms with van der Waals surface area (Å²) in [6, 6.07) is 8.16. The number of aromatic amines is 2. The van der Waals surface area contributed by atoms with E-state index in [-0.39, 0.29) is 11.3 Å². The van der Waals surface area contributed by atoms with Gasteiger partial charge in [0.15, 0.2) is 0 Å². The number of rotatable bonds is 7. The zero-order valence-electron chi connectivity index (χ0n) is 24.9. The van der Waals surface area contributed by atoms with Gasteiger partial charge in [-0.05, 0) is 56.7 Å². The number of likely N-dealkylation sites (N-methyl/N-ethyl adjacent to an activating group) is 1. The van der Waals surface area contributed by atoms with Crippen molar-refractivity contribution in [2.75, 3.05) is 38.1 Å². The fraction of sp³-hybridized carbons (Fsp3) is 0.375. The SMILES string of the molecule is C=C(C)/C=C(\C=C(/C)NC(=O)CC(C)(C)C)c1ccc2[nH]nc(-c3cc4c(N5CCN(C)CC5)ccnc4[nH]3)c2n1. The number of pyridine rings is 2. The van der Waals surface area contributed by atoms with E-state index in [0.717, 1.165) is 82.2 Å². The highest BCUT2D eigenvalue weighted by molar-refractivity contribution is 5.97. The van der Waals surface area contributed by atoms with E-state index < -0.39 is 0 Å². The molecule has 0 bridgehead atoms. The number of allylic oxidation sites excluding steroid dienone is 5. The summed E-state index contributed by atoms with van der Waals surface area (Å²) >= 11 is 0. The topological polar surface area (TPSA) is 106 Å². The van der Waals surface area contributed by atoms with Gasteiger partial charge >= 0.3 is 0 Å². The minimum absolute atomic E-state index is 0.00943. The standard InChI is InChI=1S/C32H40N8O/c1-20(2)16-22(17-21(3)34-28(41)19-32(4,5)6)24-8-9-25-29(35-24)30(38-37-25)26-18-23-27(10-11-33-31(23)36-26)40-14-12-39(7)13-15-40/h8-11,16-18H,1,12-15,19H2,2-7H3,(H,33,36)(H,34,41)(H,37,38)/b21-17+,22-16+.